The predicted molar refractivity (Wildman–Crippen MR) is 141 cm³/mol. The average Bonchev–Trinajstić information content (AvgIpc) is 3.35. The molecular weight excluding hydrogens is 550 g/mol. The van der Waals surface area contributed by atoms with Crippen LogP contribution < -0.4 is 15.5 Å². The summed E-state index contributed by atoms with van der Waals surface area (Å²) in [5, 5.41) is 34.3. The van der Waals surface area contributed by atoms with Gasteiger partial charge in [0.05, 0.1) is 18.1 Å². The van der Waals surface area contributed by atoms with Crippen molar-refractivity contribution in [3.63, 3.8) is 0 Å². The minimum atomic E-state index is -4.50. The molecule has 1 aliphatic heterocycles. The Morgan fingerprint density at radius 1 is 1.13 bits per heavy atom. The van der Waals surface area contributed by atoms with Crippen LogP contribution in [-0.2, 0) is 32.5 Å². The number of carbonyl (C=O) groups excluding carboxylic acids is 2. The summed E-state index contributed by atoms with van der Waals surface area (Å²) in [6, 6.07) is 10.5. The van der Waals surface area contributed by atoms with E-state index >= 15 is 0 Å². The van der Waals surface area contributed by atoms with Crippen molar-refractivity contribution in [1.82, 2.24) is 25.1 Å². The van der Waals surface area contributed by atoms with E-state index < -0.39 is 45.9 Å². The summed E-state index contributed by atoms with van der Waals surface area (Å²) in [4.78, 5) is 26.7. The maximum atomic E-state index is 13.8. The van der Waals surface area contributed by atoms with Crippen molar-refractivity contribution in [3.8, 4) is 5.75 Å². The van der Waals surface area contributed by atoms with Crippen molar-refractivity contribution < 1.29 is 33.4 Å². The number of aromatic hydroxyl groups is 1. The molecule has 2 amide bonds. The van der Waals surface area contributed by atoms with Gasteiger partial charge < -0.3 is 15.5 Å². The minimum Gasteiger partial charge on any atom is -0.508 e. The third kappa shape index (κ3) is 5.88. The van der Waals surface area contributed by atoms with E-state index in [2.05, 4.69) is 10.0 Å². The van der Waals surface area contributed by atoms with Gasteiger partial charge in [-0.3, -0.25) is 14.8 Å². The number of hydroxylamine groups is 1. The van der Waals surface area contributed by atoms with Crippen molar-refractivity contribution in [1.29, 1.82) is 0 Å². The SMILES string of the molecule is CC1=C(S(=O)(=O)N[C@@H](C(=O)N[C@H]2c3ccccc3C[C@H]2O)[C@H](Cc2ccccc2O)C(=O)NO)N(Cl)N(C)C1. The van der Waals surface area contributed by atoms with E-state index in [0.29, 0.717) is 11.1 Å². The number of halogens is 1. The van der Waals surface area contributed by atoms with Crippen LogP contribution in [0.15, 0.2) is 59.1 Å². The Balaban J connectivity index is 1.73. The number of hydrogen-bond acceptors (Lipinski definition) is 9. The lowest BCUT2D eigenvalue weighted by Crippen LogP contribution is -2.56. The zero-order valence-corrected chi connectivity index (χ0v) is 22.8. The van der Waals surface area contributed by atoms with Crippen molar-refractivity contribution in [2.75, 3.05) is 13.6 Å². The number of aliphatic hydroxyl groups is 1. The number of hydrazine groups is 1. The maximum absolute atomic E-state index is 13.8. The summed E-state index contributed by atoms with van der Waals surface area (Å²) in [6.07, 6.45) is -1.03. The molecular formula is C25H30ClN5O7S. The summed E-state index contributed by atoms with van der Waals surface area (Å²) >= 11 is 6.20. The molecule has 0 saturated carbocycles. The van der Waals surface area contributed by atoms with Crippen LogP contribution in [0.25, 0.3) is 0 Å². The van der Waals surface area contributed by atoms with Crippen LogP contribution in [-0.4, -0.2) is 70.9 Å². The number of amides is 2. The van der Waals surface area contributed by atoms with Gasteiger partial charge in [0.1, 0.15) is 11.8 Å². The number of rotatable bonds is 9. The van der Waals surface area contributed by atoms with E-state index in [9.17, 15) is 33.4 Å². The zero-order chi connectivity index (χ0) is 28.5. The van der Waals surface area contributed by atoms with Crippen LogP contribution in [0.5, 0.6) is 5.75 Å². The number of phenolic OH excluding ortho intramolecular Hbond substituents is 1. The van der Waals surface area contributed by atoms with E-state index in [1.807, 2.05) is 6.07 Å². The average molecular weight is 580 g/mol. The van der Waals surface area contributed by atoms with Gasteiger partial charge in [-0.15, -0.1) is 0 Å². The molecule has 0 unspecified atom stereocenters. The Bertz CT molecular complexity index is 1400. The van der Waals surface area contributed by atoms with Gasteiger partial charge in [-0.2, -0.15) is 4.72 Å². The van der Waals surface area contributed by atoms with E-state index in [4.69, 9.17) is 11.8 Å². The fourth-order valence-electron chi connectivity index (χ4n) is 5.01. The first-order chi connectivity index (χ1) is 18.4. The molecule has 12 nitrogen and oxygen atoms in total. The Hall–Kier alpha value is -3.20. The quantitative estimate of drug-likeness (QED) is 0.142. The van der Waals surface area contributed by atoms with Crippen LogP contribution in [0.2, 0.25) is 0 Å². The Morgan fingerprint density at radius 3 is 2.44 bits per heavy atom. The van der Waals surface area contributed by atoms with Gasteiger partial charge in [-0.1, -0.05) is 42.5 Å². The first-order valence-electron chi connectivity index (χ1n) is 12.1. The number of phenols is 1. The summed E-state index contributed by atoms with van der Waals surface area (Å²) < 4.78 is 30.3. The second-order valence-corrected chi connectivity index (χ2v) is 11.6. The molecule has 1 heterocycles. The Morgan fingerprint density at radius 2 is 1.79 bits per heavy atom. The van der Waals surface area contributed by atoms with Crippen LogP contribution in [0.4, 0.5) is 0 Å². The van der Waals surface area contributed by atoms with Crippen LogP contribution >= 0.6 is 11.8 Å². The Labute approximate surface area is 231 Å². The minimum absolute atomic E-state index is 0.182. The summed E-state index contributed by atoms with van der Waals surface area (Å²) in [5.74, 6) is -3.69. The monoisotopic (exact) mass is 579 g/mol. The first kappa shape index (κ1) is 28.8. The summed E-state index contributed by atoms with van der Waals surface area (Å²) in [5.41, 5.74) is 3.61. The van der Waals surface area contributed by atoms with Gasteiger partial charge in [0.15, 0.2) is 5.03 Å². The second-order valence-electron chi connectivity index (χ2n) is 9.63. The van der Waals surface area contributed by atoms with E-state index in [-0.39, 0.29) is 35.7 Å². The lowest BCUT2D eigenvalue weighted by molar-refractivity contribution is -0.138. The van der Waals surface area contributed by atoms with Crippen LogP contribution in [0.3, 0.4) is 0 Å². The molecule has 0 saturated heterocycles. The number of fused-ring (bicyclic) bond motifs is 1. The van der Waals surface area contributed by atoms with Gasteiger partial charge in [0.25, 0.3) is 10.0 Å². The number of para-hydroxylation sites is 1. The molecule has 2 aromatic rings. The summed E-state index contributed by atoms with van der Waals surface area (Å²) in [6.45, 7) is 1.77. The van der Waals surface area contributed by atoms with Gasteiger partial charge in [-0.25, -0.2) is 23.4 Å². The molecule has 6 N–H and O–H groups in total. The fourth-order valence-corrected chi connectivity index (χ4v) is 7.06. The van der Waals surface area contributed by atoms with Crippen molar-refractivity contribution >= 4 is 33.6 Å². The second kappa shape index (κ2) is 11.5. The zero-order valence-electron chi connectivity index (χ0n) is 21.2. The Kier molecular flexibility index (Phi) is 8.49. The number of sulfonamides is 1. The number of nitrogens with zero attached hydrogens (tertiary/aromatic N) is 2. The first-order valence-corrected chi connectivity index (χ1v) is 13.9. The highest BCUT2D eigenvalue weighted by Crippen LogP contribution is 2.33. The molecule has 0 bridgehead atoms. The molecule has 4 rings (SSSR count). The fraction of sp³-hybridized carbons (Fsp3) is 0.360. The summed E-state index contributed by atoms with van der Waals surface area (Å²) in [7, 11) is -2.93. The normalized spacial score (nSPS) is 21.0. The molecule has 39 heavy (non-hydrogen) atoms. The van der Waals surface area contributed by atoms with Crippen molar-refractivity contribution in [2.45, 2.75) is 38.0 Å². The standard InChI is InChI=1S/C25H30ClN5O7S/c1-14-13-30(2)31(26)25(14)39(37,38)29-22(18(23(34)28-36)11-16-8-4-6-10-19(16)32)24(35)27-21-17-9-5-3-7-15(17)12-20(21)33/h3-10,18,20-22,29,32-33,36H,11-13H2,1-2H3,(H,27,35)(H,28,34)/t18-,20+,21-,22+/m0/s1. The highest BCUT2D eigenvalue weighted by atomic mass is 35.5. The van der Waals surface area contributed by atoms with E-state index in [1.54, 1.807) is 44.3 Å². The number of likely N-dealkylation sites (N-methyl/N-ethyl adjacent to an activating group) is 1. The highest BCUT2D eigenvalue weighted by Gasteiger charge is 2.43. The highest BCUT2D eigenvalue weighted by molar-refractivity contribution is 7.93. The lowest BCUT2D eigenvalue weighted by atomic mass is 9.90. The number of carbonyl (C=O) groups is 2. The smallest absolute Gasteiger partial charge is 0.259 e. The largest absolute Gasteiger partial charge is 0.508 e. The molecule has 4 atom stereocenters. The third-order valence-corrected chi connectivity index (χ3v) is 9.02. The molecule has 2 aliphatic rings. The number of nitrogens with one attached hydrogen (secondary N) is 3. The lowest BCUT2D eigenvalue weighted by Gasteiger charge is -2.29. The molecule has 2 aromatic carbocycles. The molecule has 0 fully saturated rings. The van der Waals surface area contributed by atoms with E-state index in [0.717, 1.165) is 10.1 Å². The molecule has 210 valence electrons. The van der Waals surface area contributed by atoms with Gasteiger partial charge in [0.2, 0.25) is 11.8 Å². The predicted octanol–water partition coefficient (Wildman–Crippen LogP) is 0.666. The number of aliphatic hydroxyl groups excluding tert-OH is 1. The molecule has 0 radical (unpaired) electrons. The molecule has 14 heteroatoms. The number of hydrogen-bond donors (Lipinski definition) is 6. The molecule has 1 aliphatic carbocycles. The maximum Gasteiger partial charge on any atom is 0.259 e. The molecule has 0 spiro atoms. The molecule has 0 aromatic heterocycles. The van der Waals surface area contributed by atoms with Gasteiger partial charge in [-0.05, 0) is 41.7 Å². The van der Waals surface area contributed by atoms with Crippen LogP contribution in [0.1, 0.15) is 29.7 Å². The topological polar surface area (TPSA) is 172 Å². The third-order valence-electron chi connectivity index (χ3n) is 6.90. The van der Waals surface area contributed by atoms with Crippen molar-refractivity contribution in [2.24, 2.45) is 5.92 Å². The van der Waals surface area contributed by atoms with Gasteiger partial charge in [0, 0.05) is 31.8 Å². The van der Waals surface area contributed by atoms with Gasteiger partial charge >= 0.3 is 0 Å². The van der Waals surface area contributed by atoms with Crippen molar-refractivity contribution in [3.05, 3.63) is 75.8 Å². The van der Waals surface area contributed by atoms with E-state index in [1.165, 1.54) is 22.6 Å². The number of benzene rings is 2. The van der Waals surface area contributed by atoms with Crippen LogP contribution in [0, 0.1) is 5.92 Å².